The lowest BCUT2D eigenvalue weighted by Gasteiger charge is -2.37. The van der Waals surface area contributed by atoms with Crippen LogP contribution in [0.4, 0.5) is 38.2 Å². The van der Waals surface area contributed by atoms with E-state index in [0.717, 1.165) is 24.5 Å². The third kappa shape index (κ3) is 26.0. The van der Waals surface area contributed by atoms with Crippen molar-refractivity contribution in [2.24, 2.45) is 5.73 Å². The molecule has 0 bridgehead atoms. The van der Waals surface area contributed by atoms with Gasteiger partial charge in [-0.05, 0) is 39.8 Å². The fourth-order valence-corrected chi connectivity index (χ4v) is 8.97. The Morgan fingerprint density at radius 3 is 1.22 bits per heavy atom. The number of nitrogens with one attached hydrogen (secondary N) is 4. The second-order valence-corrected chi connectivity index (χ2v) is 20.8. The molecule has 2 aromatic rings. The number of carbonyl (C=O) groups excluding carboxylic acids is 2. The highest BCUT2D eigenvalue weighted by molar-refractivity contribution is 5.76. The summed E-state index contributed by atoms with van der Waals surface area (Å²) in [7, 11) is 0. The number of amides is 2. The minimum Gasteiger partial charge on any atom is -0.379 e. The van der Waals surface area contributed by atoms with Crippen LogP contribution in [0.5, 0.6) is 0 Å². The van der Waals surface area contributed by atoms with Crippen LogP contribution >= 0.6 is 0 Å². The van der Waals surface area contributed by atoms with E-state index in [-0.39, 0.29) is 103 Å². The zero-order chi connectivity index (χ0) is 61.8. The van der Waals surface area contributed by atoms with Gasteiger partial charge < -0.3 is 103 Å². The van der Waals surface area contributed by atoms with Crippen LogP contribution in [0, 0.1) is 0 Å². The molecule has 4 aliphatic heterocycles. The summed E-state index contributed by atoms with van der Waals surface area (Å²) >= 11 is 0. The molecule has 2 aromatic heterocycles. The number of anilines is 2. The first kappa shape index (κ1) is 70.7. The molecule has 86 heavy (non-hydrogen) atoms. The van der Waals surface area contributed by atoms with E-state index in [1.165, 1.54) is 0 Å². The molecule has 2 amide bonds. The standard InChI is InChI=1S/C53H83F6N9O18/c1-50(2)83-44-36(65-48-63-9-5-40(67-48)52(54,55)56)31-81-38(46(44)85-50)33-79-27-25-75-23-21-73-19-17-71-15-11-61-42(69)7-13-77-29-35(60)30-78-14-8-43(70)62-12-16-72-18-20-74-22-24-76-26-28-80-34-39-47-45(84-51(3,4)86-47)37(32-82-39)66-49-64-10-6-41(68-49)53(57,58)59/h5-6,9-10,35-39,44-47H,7-8,11-34,60H2,1-4H3,(H,61,69)(H,62,70)(H,63,65,67)(H,64,66,68)/t36-,37-,38+,39+,44+,45+,46-,47-/m0/s1. The predicted octanol–water partition coefficient (Wildman–Crippen LogP) is 1.91. The molecule has 0 aromatic carbocycles. The van der Waals surface area contributed by atoms with E-state index < -0.39 is 90.1 Å². The van der Waals surface area contributed by atoms with Crippen LogP contribution in [0.25, 0.3) is 0 Å². The van der Waals surface area contributed by atoms with Crippen molar-refractivity contribution in [2.75, 3.05) is 169 Å². The molecule has 4 saturated heterocycles. The van der Waals surface area contributed by atoms with Crippen molar-refractivity contribution in [1.82, 2.24) is 30.6 Å². The maximum absolute atomic E-state index is 13.2. The van der Waals surface area contributed by atoms with Crippen LogP contribution in [0.2, 0.25) is 0 Å². The highest BCUT2D eigenvalue weighted by Crippen LogP contribution is 2.38. The number of ether oxygens (including phenoxy) is 16. The molecule has 4 aliphatic rings. The number of alkyl halides is 6. The van der Waals surface area contributed by atoms with E-state index in [0.29, 0.717) is 92.4 Å². The molecule has 6 heterocycles. The minimum absolute atomic E-state index is 0.101. The number of halogens is 6. The number of rotatable bonds is 42. The van der Waals surface area contributed by atoms with Gasteiger partial charge in [-0.15, -0.1) is 0 Å². The van der Waals surface area contributed by atoms with Gasteiger partial charge in [0.15, 0.2) is 11.6 Å². The van der Waals surface area contributed by atoms with Crippen molar-refractivity contribution in [2.45, 2.75) is 119 Å². The quantitative estimate of drug-likeness (QED) is 0.0468. The zero-order valence-corrected chi connectivity index (χ0v) is 48.9. The summed E-state index contributed by atoms with van der Waals surface area (Å²) in [4.78, 5) is 39.3. The molecule has 8 atom stereocenters. The van der Waals surface area contributed by atoms with Gasteiger partial charge in [0.1, 0.15) is 48.0 Å². The Morgan fingerprint density at radius 2 is 0.860 bits per heavy atom. The topological polar surface area (TPSA) is 308 Å². The van der Waals surface area contributed by atoms with Gasteiger partial charge >= 0.3 is 12.4 Å². The van der Waals surface area contributed by atoms with E-state index in [4.69, 9.17) is 81.5 Å². The maximum Gasteiger partial charge on any atom is 0.433 e. The molecule has 0 spiro atoms. The van der Waals surface area contributed by atoms with Crippen molar-refractivity contribution in [3.63, 3.8) is 0 Å². The predicted molar refractivity (Wildman–Crippen MR) is 287 cm³/mol. The molecule has 0 unspecified atom stereocenters. The average molecular weight is 1250 g/mol. The fraction of sp³-hybridized carbons (Fsp3) is 0.811. The maximum atomic E-state index is 13.2. The van der Waals surface area contributed by atoms with Crippen molar-refractivity contribution in [3.8, 4) is 0 Å². The van der Waals surface area contributed by atoms with E-state index in [1.54, 1.807) is 27.7 Å². The molecule has 4 fully saturated rings. The van der Waals surface area contributed by atoms with E-state index in [9.17, 15) is 35.9 Å². The Balaban J connectivity index is 0.638. The van der Waals surface area contributed by atoms with E-state index in [2.05, 4.69) is 41.2 Å². The summed E-state index contributed by atoms with van der Waals surface area (Å²) < 4.78 is 171. The molecule has 6 N–H and O–H groups in total. The monoisotopic (exact) mass is 1250 g/mol. The Bertz CT molecular complexity index is 2120. The molecule has 27 nitrogen and oxygen atoms in total. The van der Waals surface area contributed by atoms with Crippen LogP contribution in [0.1, 0.15) is 51.9 Å². The van der Waals surface area contributed by atoms with Crippen LogP contribution in [0.15, 0.2) is 24.5 Å². The van der Waals surface area contributed by atoms with E-state index >= 15 is 0 Å². The van der Waals surface area contributed by atoms with Gasteiger partial charge in [-0.3, -0.25) is 9.59 Å². The first-order chi connectivity index (χ1) is 41.2. The van der Waals surface area contributed by atoms with Crippen LogP contribution in [-0.2, 0) is 97.7 Å². The normalized spacial score (nSPS) is 23.8. The summed E-state index contributed by atoms with van der Waals surface area (Å²) in [5.74, 6) is -2.70. The lowest BCUT2D eigenvalue weighted by molar-refractivity contribution is -0.161. The molecule has 0 radical (unpaired) electrons. The highest BCUT2D eigenvalue weighted by Gasteiger charge is 2.54. The van der Waals surface area contributed by atoms with Gasteiger partial charge in [0.05, 0.1) is 163 Å². The first-order valence-electron chi connectivity index (χ1n) is 28.5. The Hall–Kier alpha value is -4.40. The first-order valence-corrected chi connectivity index (χ1v) is 28.5. The second-order valence-electron chi connectivity index (χ2n) is 20.8. The molecule has 490 valence electrons. The summed E-state index contributed by atoms with van der Waals surface area (Å²) in [6, 6.07) is 0.0197. The lowest BCUT2D eigenvalue weighted by atomic mass is 9.98. The number of fused-ring (bicyclic) bond motifs is 2. The highest BCUT2D eigenvalue weighted by atomic mass is 19.4. The van der Waals surface area contributed by atoms with Crippen LogP contribution in [-0.4, -0.2) is 257 Å². The average Bonchev–Trinajstić information content (AvgIpc) is 1.78. The Kier molecular flexibility index (Phi) is 29.8. The molecular weight excluding hydrogens is 1160 g/mol. The van der Waals surface area contributed by atoms with Crippen molar-refractivity contribution < 1.29 is 112 Å². The zero-order valence-electron chi connectivity index (χ0n) is 48.9. The van der Waals surface area contributed by atoms with Gasteiger partial charge in [-0.25, -0.2) is 19.9 Å². The largest absolute Gasteiger partial charge is 0.433 e. The van der Waals surface area contributed by atoms with Gasteiger partial charge in [-0.1, -0.05) is 0 Å². The number of hydrogen-bond donors (Lipinski definition) is 5. The third-order valence-corrected chi connectivity index (χ3v) is 12.9. The molecular formula is C53H83F6N9O18. The van der Waals surface area contributed by atoms with Gasteiger partial charge in [-0.2, -0.15) is 26.3 Å². The van der Waals surface area contributed by atoms with Crippen LogP contribution in [0.3, 0.4) is 0 Å². The van der Waals surface area contributed by atoms with E-state index in [1.807, 2.05) is 0 Å². The van der Waals surface area contributed by atoms with Crippen molar-refractivity contribution >= 4 is 23.7 Å². The third-order valence-electron chi connectivity index (χ3n) is 12.9. The number of nitrogens with zero attached hydrogens (tertiary/aromatic N) is 4. The van der Waals surface area contributed by atoms with Crippen LogP contribution < -0.4 is 27.0 Å². The summed E-state index contributed by atoms with van der Waals surface area (Å²) in [5, 5.41) is 11.3. The Labute approximate surface area is 494 Å². The number of nitrogens with two attached hydrogens (primary N) is 1. The smallest absolute Gasteiger partial charge is 0.379 e. The minimum atomic E-state index is -4.61. The molecule has 0 saturated carbocycles. The number of hydrogen-bond acceptors (Lipinski definition) is 25. The van der Waals surface area contributed by atoms with Crippen molar-refractivity contribution in [3.05, 3.63) is 35.9 Å². The number of aromatic nitrogens is 4. The summed E-state index contributed by atoms with van der Waals surface area (Å²) in [6.07, 6.45) is -10.1. The fourth-order valence-electron chi connectivity index (χ4n) is 8.97. The SMILES string of the molecule is CC1(C)O[C@@H]2[C@H](O1)[C@@H](Nc1nccc(C(F)(F)F)n1)CO[C@@H]2COCCOCCOCCOCCNC(=O)CCOCC(N)COCCC(=O)NCCOCCOCCOCCOC[C@H]1OC[C@H](Nc2nccc(C(F)(F)F)n2)[C@H]2OC(C)(C)O[C@H]21. The Morgan fingerprint density at radius 1 is 0.523 bits per heavy atom. The van der Waals surface area contributed by atoms with Gasteiger partial charge in [0.25, 0.3) is 0 Å². The summed E-state index contributed by atoms with van der Waals surface area (Å²) in [6.45, 7) is 13.3. The van der Waals surface area contributed by atoms with Gasteiger partial charge in [0, 0.05) is 38.3 Å². The van der Waals surface area contributed by atoms with Gasteiger partial charge in [0.2, 0.25) is 23.7 Å². The molecule has 0 aliphatic carbocycles. The van der Waals surface area contributed by atoms with Crippen molar-refractivity contribution in [1.29, 1.82) is 0 Å². The molecule has 33 heteroatoms. The molecule has 6 rings (SSSR count). The lowest BCUT2D eigenvalue weighted by Crippen LogP contribution is -2.55. The summed E-state index contributed by atoms with van der Waals surface area (Å²) in [5.41, 5.74) is 3.91. The number of carbonyl (C=O) groups is 2. The second kappa shape index (κ2) is 36.3.